The fourth-order valence-electron chi connectivity index (χ4n) is 3.31. The maximum Gasteiger partial charge on any atom is 0.277 e. The lowest BCUT2D eigenvalue weighted by Gasteiger charge is -2.18. The van der Waals surface area contributed by atoms with Crippen molar-refractivity contribution < 1.29 is 4.79 Å². The highest BCUT2D eigenvalue weighted by molar-refractivity contribution is 6.31. The summed E-state index contributed by atoms with van der Waals surface area (Å²) in [5.74, 6) is 0.996. The molecular formula is C21H19ClN4O. The van der Waals surface area contributed by atoms with Gasteiger partial charge in [-0.2, -0.15) is 0 Å². The first-order chi connectivity index (χ1) is 13.0. The molecule has 2 heterocycles. The lowest BCUT2D eigenvalue weighted by molar-refractivity contribution is 0.0984. The second-order valence-electron chi connectivity index (χ2n) is 6.56. The highest BCUT2D eigenvalue weighted by Crippen LogP contribution is 2.29. The third-order valence-electron chi connectivity index (χ3n) is 4.72. The van der Waals surface area contributed by atoms with Gasteiger partial charge in [0, 0.05) is 29.0 Å². The first-order valence-electron chi connectivity index (χ1n) is 8.80. The number of aryl methyl sites for hydroxylation is 1. The smallest absolute Gasteiger partial charge is 0.277 e. The first kappa shape index (κ1) is 17.5. The van der Waals surface area contributed by atoms with Crippen LogP contribution in [0.25, 0.3) is 0 Å². The number of amides is 1. The number of hydrogen-bond donors (Lipinski definition) is 1. The number of carbonyl (C=O) groups is 1. The van der Waals surface area contributed by atoms with Crippen molar-refractivity contribution in [1.82, 2.24) is 9.97 Å². The van der Waals surface area contributed by atoms with Gasteiger partial charge in [0.15, 0.2) is 0 Å². The molecule has 5 nitrogen and oxygen atoms in total. The van der Waals surface area contributed by atoms with Gasteiger partial charge in [-0.1, -0.05) is 35.9 Å². The molecule has 0 atom stereocenters. The Morgan fingerprint density at radius 3 is 2.78 bits per heavy atom. The zero-order chi connectivity index (χ0) is 19.0. The summed E-state index contributed by atoms with van der Waals surface area (Å²) in [6, 6.07) is 15.3. The maximum atomic E-state index is 13.1. The van der Waals surface area contributed by atoms with Crippen molar-refractivity contribution in [2.75, 3.05) is 16.8 Å². The third-order valence-corrected chi connectivity index (χ3v) is 5.13. The van der Waals surface area contributed by atoms with Crippen LogP contribution in [0, 0.1) is 13.8 Å². The summed E-state index contributed by atoms with van der Waals surface area (Å²) in [6.07, 6.45) is 0.860. The Hall–Kier alpha value is -2.92. The van der Waals surface area contributed by atoms with E-state index < -0.39 is 0 Å². The van der Waals surface area contributed by atoms with Crippen molar-refractivity contribution in [2.45, 2.75) is 20.3 Å². The highest BCUT2D eigenvalue weighted by Gasteiger charge is 2.26. The Balaban J connectivity index is 1.65. The molecule has 27 heavy (non-hydrogen) atoms. The predicted octanol–water partition coefficient (Wildman–Crippen LogP) is 4.69. The summed E-state index contributed by atoms with van der Waals surface area (Å²) in [5, 5.41) is 3.93. The van der Waals surface area contributed by atoms with Crippen LogP contribution in [0.2, 0.25) is 5.02 Å². The van der Waals surface area contributed by atoms with Crippen molar-refractivity contribution in [1.29, 1.82) is 0 Å². The second-order valence-corrected chi connectivity index (χ2v) is 6.97. The van der Waals surface area contributed by atoms with Crippen LogP contribution in [0.4, 0.5) is 17.2 Å². The number of para-hydroxylation sites is 1. The molecular weight excluding hydrogens is 360 g/mol. The Kier molecular flexibility index (Phi) is 4.54. The monoisotopic (exact) mass is 378 g/mol. The number of carbonyl (C=O) groups excluding carboxylic acids is 1. The average Bonchev–Trinajstić information content (AvgIpc) is 3.08. The number of fused-ring (bicyclic) bond motifs is 1. The van der Waals surface area contributed by atoms with Crippen LogP contribution in [0.3, 0.4) is 0 Å². The first-order valence-corrected chi connectivity index (χ1v) is 9.18. The molecule has 0 radical (unpaired) electrons. The number of benzene rings is 2. The minimum atomic E-state index is -0.115. The van der Waals surface area contributed by atoms with Gasteiger partial charge in [-0.3, -0.25) is 4.79 Å². The minimum absolute atomic E-state index is 0.115. The van der Waals surface area contributed by atoms with Crippen LogP contribution < -0.4 is 10.2 Å². The number of aromatic nitrogens is 2. The molecule has 1 aliphatic heterocycles. The van der Waals surface area contributed by atoms with Gasteiger partial charge >= 0.3 is 0 Å². The molecule has 136 valence electrons. The molecule has 1 N–H and O–H groups in total. The van der Waals surface area contributed by atoms with Crippen LogP contribution in [0.5, 0.6) is 0 Å². The zero-order valence-electron chi connectivity index (χ0n) is 15.2. The third kappa shape index (κ3) is 3.38. The summed E-state index contributed by atoms with van der Waals surface area (Å²) in [4.78, 5) is 23.6. The molecule has 4 rings (SSSR count). The van der Waals surface area contributed by atoms with E-state index in [-0.39, 0.29) is 5.91 Å². The summed E-state index contributed by atoms with van der Waals surface area (Å²) in [5.41, 5.74) is 4.30. The number of hydrogen-bond acceptors (Lipinski definition) is 4. The normalized spacial score (nSPS) is 12.8. The number of rotatable bonds is 3. The van der Waals surface area contributed by atoms with Gasteiger partial charge in [-0.25, -0.2) is 9.97 Å². The molecule has 2 aromatic carbocycles. The number of nitrogens with zero attached hydrogens (tertiary/aromatic N) is 3. The summed E-state index contributed by atoms with van der Waals surface area (Å²) < 4.78 is 0. The average molecular weight is 379 g/mol. The Morgan fingerprint density at radius 2 is 1.93 bits per heavy atom. The SMILES string of the molecule is Cc1nc(Nc2cccc(Cl)c2C)cc(C(=O)N2CCc3ccccc32)n1. The Bertz CT molecular complexity index is 1030. The van der Waals surface area contributed by atoms with Crippen LogP contribution >= 0.6 is 11.6 Å². The highest BCUT2D eigenvalue weighted by atomic mass is 35.5. The van der Waals surface area contributed by atoms with Crippen molar-refractivity contribution in [2.24, 2.45) is 0 Å². The summed E-state index contributed by atoms with van der Waals surface area (Å²) >= 11 is 6.19. The van der Waals surface area contributed by atoms with Crippen LogP contribution in [0.15, 0.2) is 48.5 Å². The van der Waals surface area contributed by atoms with Gasteiger partial charge in [-0.15, -0.1) is 0 Å². The van der Waals surface area contributed by atoms with Gasteiger partial charge in [0.25, 0.3) is 5.91 Å². The zero-order valence-corrected chi connectivity index (χ0v) is 15.9. The van der Waals surface area contributed by atoms with E-state index in [1.807, 2.05) is 43.3 Å². The summed E-state index contributed by atoms with van der Waals surface area (Å²) in [6.45, 7) is 4.38. The second kappa shape index (κ2) is 7.00. The lowest BCUT2D eigenvalue weighted by Crippen LogP contribution is -2.30. The molecule has 0 spiro atoms. The number of anilines is 3. The van der Waals surface area contributed by atoms with E-state index in [0.717, 1.165) is 23.4 Å². The molecule has 0 saturated heterocycles. The molecule has 0 unspecified atom stereocenters. The van der Waals surface area contributed by atoms with Gasteiger partial charge in [-0.05, 0) is 49.6 Å². The van der Waals surface area contributed by atoms with Crippen molar-refractivity contribution >= 4 is 34.7 Å². The minimum Gasteiger partial charge on any atom is -0.340 e. The lowest BCUT2D eigenvalue weighted by atomic mass is 10.2. The molecule has 0 saturated carbocycles. The standard InChI is InChI=1S/C21H19ClN4O/c1-13-16(22)7-5-8-17(13)25-20-12-18(23-14(2)24-20)21(27)26-11-10-15-6-3-4-9-19(15)26/h3-9,12H,10-11H2,1-2H3,(H,23,24,25). The molecule has 0 fully saturated rings. The van der Waals surface area contributed by atoms with E-state index in [2.05, 4.69) is 21.4 Å². The molecule has 1 amide bonds. The largest absolute Gasteiger partial charge is 0.340 e. The van der Waals surface area contributed by atoms with E-state index in [4.69, 9.17) is 11.6 Å². The fourth-order valence-corrected chi connectivity index (χ4v) is 3.48. The van der Waals surface area contributed by atoms with E-state index in [9.17, 15) is 4.79 Å². The molecule has 0 bridgehead atoms. The molecule has 1 aliphatic rings. The topological polar surface area (TPSA) is 58.1 Å². The molecule has 3 aromatic rings. The maximum absolute atomic E-state index is 13.1. The molecule has 0 aliphatic carbocycles. The Morgan fingerprint density at radius 1 is 1.11 bits per heavy atom. The van der Waals surface area contributed by atoms with E-state index >= 15 is 0 Å². The summed E-state index contributed by atoms with van der Waals surface area (Å²) in [7, 11) is 0. The number of nitrogens with one attached hydrogen (secondary N) is 1. The van der Waals surface area contributed by atoms with Crippen LogP contribution in [-0.4, -0.2) is 22.4 Å². The van der Waals surface area contributed by atoms with Gasteiger partial charge in [0.1, 0.15) is 17.3 Å². The van der Waals surface area contributed by atoms with Crippen LogP contribution in [0.1, 0.15) is 27.4 Å². The quantitative estimate of drug-likeness (QED) is 0.718. The number of halogens is 1. The van der Waals surface area contributed by atoms with Crippen molar-refractivity contribution in [3.05, 3.63) is 76.2 Å². The van der Waals surface area contributed by atoms with E-state index in [1.165, 1.54) is 5.56 Å². The van der Waals surface area contributed by atoms with Crippen molar-refractivity contribution in [3.8, 4) is 0 Å². The van der Waals surface area contributed by atoms with Gasteiger partial charge in [0.05, 0.1) is 0 Å². The van der Waals surface area contributed by atoms with Gasteiger partial charge in [0.2, 0.25) is 0 Å². The van der Waals surface area contributed by atoms with E-state index in [0.29, 0.717) is 28.9 Å². The van der Waals surface area contributed by atoms with Crippen LogP contribution in [-0.2, 0) is 6.42 Å². The molecule has 1 aromatic heterocycles. The van der Waals surface area contributed by atoms with Crippen molar-refractivity contribution in [3.63, 3.8) is 0 Å². The Labute approximate surface area is 163 Å². The van der Waals surface area contributed by atoms with Gasteiger partial charge < -0.3 is 10.2 Å². The van der Waals surface area contributed by atoms with E-state index in [1.54, 1.807) is 17.9 Å². The molecule has 6 heteroatoms. The predicted molar refractivity (Wildman–Crippen MR) is 108 cm³/mol. The fraction of sp³-hybridized carbons (Fsp3) is 0.190.